The van der Waals surface area contributed by atoms with Gasteiger partial charge in [0.05, 0.1) is 12.3 Å². The second-order valence-corrected chi connectivity index (χ2v) is 6.23. The van der Waals surface area contributed by atoms with Crippen molar-refractivity contribution in [1.82, 2.24) is 10.3 Å². The Kier molecular flexibility index (Phi) is 5.90. The summed E-state index contributed by atoms with van der Waals surface area (Å²) in [5.74, 6) is -1.99. The second kappa shape index (κ2) is 8.53. The van der Waals surface area contributed by atoms with Gasteiger partial charge in [-0.15, -0.1) is 0 Å². The minimum atomic E-state index is -0.699. The largest absolute Gasteiger partial charge is 0.352 e. The number of amides is 2. The lowest BCUT2D eigenvalue weighted by molar-refractivity contribution is -0.133. The maximum atomic E-state index is 13.1. The lowest BCUT2D eigenvalue weighted by atomic mass is 10.1. The Bertz CT molecular complexity index is 849. The van der Waals surface area contributed by atoms with Gasteiger partial charge in [-0.1, -0.05) is 30.3 Å². The summed E-state index contributed by atoms with van der Waals surface area (Å²) >= 11 is 0. The van der Waals surface area contributed by atoms with Gasteiger partial charge in [0.25, 0.3) is 0 Å². The third-order valence-electron chi connectivity index (χ3n) is 4.17. The van der Waals surface area contributed by atoms with Crippen LogP contribution in [0.2, 0.25) is 0 Å². The van der Waals surface area contributed by atoms with Crippen molar-refractivity contribution in [3.05, 3.63) is 71.3 Å². The molecule has 2 amide bonds. The molecule has 0 bridgehead atoms. The number of benzene rings is 2. The summed E-state index contributed by atoms with van der Waals surface area (Å²) in [7, 11) is 0. The molecular formula is C20H19F2N3O2. The summed E-state index contributed by atoms with van der Waals surface area (Å²) < 4.78 is 26.2. The molecule has 1 heterocycles. The molecule has 7 heteroatoms. The summed E-state index contributed by atoms with van der Waals surface area (Å²) in [5, 5.41) is 8.28. The molecular weight excluding hydrogens is 352 g/mol. The Morgan fingerprint density at radius 1 is 1.04 bits per heavy atom. The first-order chi connectivity index (χ1) is 13.0. The van der Waals surface area contributed by atoms with E-state index in [9.17, 15) is 18.4 Å². The fourth-order valence-electron chi connectivity index (χ4n) is 2.82. The van der Waals surface area contributed by atoms with Crippen molar-refractivity contribution < 1.29 is 18.4 Å². The molecule has 0 aromatic heterocycles. The molecule has 1 aliphatic heterocycles. The van der Waals surface area contributed by atoms with E-state index >= 15 is 0 Å². The van der Waals surface area contributed by atoms with Crippen LogP contribution < -0.4 is 5.32 Å². The Hall–Kier alpha value is -3.09. The van der Waals surface area contributed by atoms with Crippen LogP contribution in [0.5, 0.6) is 0 Å². The van der Waals surface area contributed by atoms with Gasteiger partial charge in [-0.3, -0.25) is 9.59 Å². The lowest BCUT2D eigenvalue weighted by Gasteiger charge is -2.11. The molecule has 0 radical (unpaired) electrons. The topological polar surface area (TPSA) is 61.8 Å². The van der Waals surface area contributed by atoms with E-state index in [4.69, 9.17) is 0 Å². The third-order valence-corrected chi connectivity index (χ3v) is 4.17. The highest BCUT2D eigenvalue weighted by atomic mass is 19.1. The molecule has 1 N–H and O–H groups in total. The predicted octanol–water partition coefficient (Wildman–Crippen LogP) is 3.00. The van der Waals surface area contributed by atoms with Gasteiger partial charge in [0.2, 0.25) is 11.8 Å². The summed E-state index contributed by atoms with van der Waals surface area (Å²) in [6.07, 6.45) is 0.686. The Labute approximate surface area is 155 Å². The molecule has 0 aliphatic carbocycles. The van der Waals surface area contributed by atoms with Crippen molar-refractivity contribution in [1.29, 1.82) is 0 Å². The second-order valence-electron chi connectivity index (χ2n) is 6.23. The van der Waals surface area contributed by atoms with Crippen LogP contribution in [-0.2, 0) is 16.1 Å². The molecule has 0 saturated heterocycles. The van der Waals surface area contributed by atoms with Crippen molar-refractivity contribution in [2.75, 3.05) is 6.54 Å². The number of halogens is 2. The highest BCUT2D eigenvalue weighted by molar-refractivity contribution is 6.02. The number of carbonyl (C=O) groups is 2. The van der Waals surface area contributed by atoms with Crippen molar-refractivity contribution in [3.63, 3.8) is 0 Å². The average Bonchev–Trinajstić information content (AvgIpc) is 3.15. The van der Waals surface area contributed by atoms with Crippen LogP contribution in [0, 0.1) is 11.6 Å². The molecule has 1 aliphatic rings. The number of hydrazone groups is 1. The van der Waals surface area contributed by atoms with Crippen molar-refractivity contribution in [2.45, 2.75) is 25.8 Å². The SMILES string of the molecule is O=C(CCC(=O)N1CCC(c2ccccc2)=N1)NCc1cc(F)cc(F)c1. The fraction of sp³-hybridized carbons (Fsp3) is 0.250. The molecule has 0 fully saturated rings. The standard InChI is InChI=1S/C20H19F2N3O2/c21-16-10-14(11-17(22)12-16)13-23-19(26)6-7-20(27)25-9-8-18(24-25)15-4-2-1-3-5-15/h1-5,10-12H,6-9,13H2,(H,23,26). The van der Waals surface area contributed by atoms with Crippen molar-refractivity contribution in [3.8, 4) is 0 Å². The first-order valence-corrected chi connectivity index (χ1v) is 8.66. The molecule has 2 aromatic carbocycles. The van der Waals surface area contributed by atoms with E-state index in [1.807, 2.05) is 30.3 Å². The summed E-state index contributed by atoms with van der Waals surface area (Å²) in [6.45, 7) is 0.495. The van der Waals surface area contributed by atoms with E-state index in [2.05, 4.69) is 10.4 Å². The van der Waals surface area contributed by atoms with Crippen molar-refractivity contribution in [2.24, 2.45) is 5.10 Å². The van der Waals surface area contributed by atoms with E-state index in [1.54, 1.807) is 0 Å². The minimum absolute atomic E-state index is 0.00171. The minimum Gasteiger partial charge on any atom is -0.352 e. The fourth-order valence-corrected chi connectivity index (χ4v) is 2.82. The van der Waals surface area contributed by atoms with Crippen LogP contribution in [0.4, 0.5) is 8.78 Å². The summed E-state index contributed by atoms with van der Waals surface area (Å²) in [4.78, 5) is 24.1. The maximum absolute atomic E-state index is 13.1. The average molecular weight is 371 g/mol. The van der Waals surface area contributed by atoms with Crippen molar-refractivity contribution >= 4 is 17.5 Å². The van der Waals surface area contributed by atoms with E-state index in [0.29, 0.717) is 18.5 Å². The first-order valence-electron chi connectivity index (χ1n) is 8.66. The number of nitrogens with one attached hydrogen (secondary N) is 1. The smallest absolute Gasteiger partial charge is 0.243 e. The Morgan fingerprint density at radius 2 is 1.74 bits per heavy atom. The zero-order valence-electron chi connectivity index (χ0n) is 14.6. The van der Waals surface area contributed by atoms with Gasteiger partial charge in [0.1, 0.15) is 11.6 Å². The lowest BCUT2D eigenvalue weighted by Crippen LogP contribution is -2.27. The zero-order chi connectivity index (χ0) is 19.2. The molecule has 27 heavy (non-hydrogen) atoms. The molecule has 3 rings (SSSR count). The van der Waals surface area contributed by atoms with Crippen LogP contribution in [0.25, 0.3) is 0 Å². The van der Waals surface area contributed by atoms with Crippen LogP contribution in [0.15, 0.2) is 53.6 Å². The first kappa shape index (κ1) is 18.7. The van der Waals surface area contributed by atoms with E-state index in [-0.39, 0.29) is 31.2 Å². The molecule has 0 atom stereocenters. The predicted molar refractivity (Wildman–Crippen MR) is 96.7 cm³/mol. The van der Waals surface area contributed by atoms with Gasteiger partial charge >= 0.3 is 0 Å². The maximum Gasteiger partial charge on any atom is 0.243 e. The van der Waals surface area contributed by atoms with Gasteiger partial charge in [-0.2, -0.15) is 5.10 Å². The monoisotopic (exact) mass is 371 g/mol. The number of rotatable bonds is 6. The van der Waals surface area contributed by atoms with Crippen LogP contribution in [0.3, 0.4) is 0 Å². The van der Waals surface area contributed by atoms with Crippen LogP contribution >= 0.6 is 0 Å². The number of nitrogens with zero attached hydrogens (tertiary/aromatic N) is 2. The van der Waals surface area contributed by atoms with Gasteiger partial charge in [-0.05, 0) is 23.3 Å². The quantitative estimate of drug-likeness (QED) is 0.849. The Balaban J connectivity index is 1.46. The number of hydrogen-bond acceptors (Lipinski definition) is 3. The van der Waals surface area contributed by atoms with Crippen LogP contribution in [-0.4, -0.2) is 29.1 Å². The third kappa shape index (κ3) is 5.20. The summed E-state index contributed by atoms with van der Waals surface area (Å²) in [5.41, 5.74) is 2.15. The molecule has 5 nitrogen and oxygen atoms in total. The molecule has 0 unspecified atom stereocenters. The van der Waals surface area contributed by atoms with E-state index in [0.717, 1.165) is 29.5 Å². The molecule has 0 spiro atoms. The Morgan fingerprint density at radius 3 is 2.44 bits per heavy atom. The number of carbonyl (C=O) groups excluding carboxylic acids is 2. The van der Waals surface area contributed by atoms with Gasteiger partial charge < -0.3 is 5.32 Å². The zero-order valence-corrected chi connectivity index (χ0v) is 14.6. The van der Waals surface area contributed by atoms with E-state index in [1.165, 1.54) is 5.01 Å². The molecule has 0 saturated carbocycles. The van der Waals surface area contributed by atoms with Gasteiger partial charge in [-0.25, -0.2) is 13.8 Å². The van der Waals surface area contributed by atoms with Gasteiger partial charge in [0, 0.05) is 31.9 Å². The van der Waals surface area contributed by atoms with E-state index < -0.39 is 11.6 Å². The molecule has 2 aromatic rings. The normalized spacial score (nSPS) is 13.4. The number of hydrogen-bond donors (Lipinski definition) is 1. The summed E-state index contributed by atoms with van der Waals surface area (Å²) in [6, 6.07) is 12.7. The molecule has 140 valence electrons. The highest BCUT2D eigenvalue weighted by Gasteiger charge is 2.21. The van der Waals surface area contributed by atoms with Gasteiger partial charge in [0.15, 0.2) is 0 Å². The van der Waals surface area contributed by atoms with Crippen LogP contribution in [0.1, 0.15) is 30.4 Å². The highest BCUT2D eigenvalue weighted by Crippen LogP contribution is 2.15.